The quantitative estimate of drug-likeness (QED) is 0.644. The number of carboxylic acid groups (broad SMARTS) is 1. The molecule has 0 bridgehead atoms. The molecule has 0 amide bonds. The van der Waals surface area contributed by atoms with Gasteiger partial charge in [0.2, 0.25) is 0 Å². The minimum Gasteiger partial charge on any atom is -0.481 e. The van der Waals surface area contributed by atoms with E-state index >= 15 is 0 Å². The van der Waals surface area contributed by atoms with Crippen LogP contribution in [-0.4, -0.2) is 50.2 Å². The number of benzene rings is 1. The lowest BCUT2D eigenvalue weighted by Gasteiger charge is -2.06. The zero-order chi connectivity index (χ0) is 15.0. The van der Waals surface area contributed by atoms with Crippen LogP contribution in [0, 0.1) is 0 Å². The van der Waals surface area contributed by atoms with Crippen molar-refractivity contribution in [2.75, 3.05) is 25.6 Å². The lowest BCUT2D eigenvalue weighted by Crippen LogP contribution is -2.14. The van der Waals surface area contributed by atoms with Gasteiger partial charge in [0.25, 0.3) is 0 Å². The van der Waals surface area contributed by atoms with E-state index in [1.165, 1.54) is 12.1 Å². The first-order chi connectivity index (χ1) is 9.45. The Morgan fingerprint density at radius 2 is 1.80 bits per heavy atom. The van der Waals surface area contributed by atoms with Crippen molar-refractivity contribution >= 4 is 15.8 Å². The van der Waals surface area contributed by atoms with Crippen LogP contribution in [0.1, 0.15) is 12.0 Å². The molecule has 0 heterocycles. The Kier molecular flexibility index (Phi) is 6.63. The van der Waals surface area contributed by atoms with Gasteiger partial charge in [-0.2, -0.15) is 0 Å². The highest BCUT2D eigenvalue weighted by atomic mass is 32.2. The summed E-state index contributed by atoms with van der Waals surface area (Å²) in [5.74, 6) is -1.04. The van der Waals surface area contributed by atoms with Gasteiger partial charge in [-0.1, -0.05) is 12.1 Å². The van der Waals surface area contributed by atoms with Crippen LogP contribution in [0.5, 0.6) is 0 Å². The number of sulfone groups is 1. The fourth-order valence-corrected chi connectivity index (χ4v) is 2.69. The highest BCUT2D eigenvalue weighted by molar-refractivity contribution is 7.91. The first-order valence-electron chi connectivity index (χ1n) is 6.18. The second kappa shape index (κ2) is 7.98. The summed E-state index contributed by atoms with van der Waals surface area (Å²) in [6.07, 6.45) is 0.385. The summed E-state index contributed by atoms with van der Waals surface area (Å²) >= 11 is 0. The van der Waals surface area contributed by atoms with Crippen molar-refractivity contribution in [3.63, 3.8) is 0 Å². The molecule has 0 saturated heterocycles. The van der Waals surface area contributed by atoms with Crippen LogP contribution in [0.4, 0.5) is 0 Å². The van der Waals surface area contributed by atoms with Crippen LogP contribution in [0.3, 0.4) is 0 Å². The predicted molar refractivity (Wildman–Crippen MR) is 72.4 cm³/mol. The molecule has 112 valence electrons. The van der Waals surface area contributed by atoms with Crippen LogP contribution >= 0.6 is 0 Å². The first kappa shape index (κ1) is 16.6. The van der Waals surface area contributed by atoms with E-state index in [4.69, 9.17) is 14.9 Å². The average Bonchev–Trinajstić information content (AvgIpc) is 2.42. The fraction of sp³-hybridized carbons (Fsp3) is 0.462. The minimum absolute atomic E-state index is 0.0150. The fourth-order valence-electron chi connectivity index (χ4n) is 1.57. The van der Waals surface area contributed by atoms with Gasteiger partial charge in [-0.3, -0.25) is 4.79 Å². The van der Waals surface area contributed by atoms with E-state index in [9.17, 15) is 13.2 Å². The Balaban J connectivity index is 2.60. The summed E-state index contributed by atoms with van der Waals surface area (Å²) in [6, 6.07) is 6.17. The van der Waals surface area contributed by atoms with Crippen molar-refractivity contribution in [2.45, 2.75) is 17.7 Å². The van der Waals surface area contributed by atoms with E-state index in [2.05, 4.69) is 0 Å². The Morgan fingerprint density at radius 3 is 2.35 bits per heavy atom. The second-order valence-corrected chi connectivity index (χ2v) is 6.30. The molecule has 0 spiro atoms. The van der Waals surface area contributed by atoms with Gasteiger partial charge in [-0.05, 0) is 24.1 Å². The molecule has 0 aromatic heterocycles. The van der Waals surface area contributed by atoms with E-state index in [-0.39, 0.29) is 36.9 Å². The van der Waals surface area contributed by atoms with E-state index < -0.39 is 15.8 Å². The molecule has 0 aliphatic rings. The summed E-state index contributed by atoms with van der Waals surface area (Å²) in [5.41, 5.74) is 0.780. The lowest BCUT2D eigenvalue weighted by molar-refractivity contribution is -0.136. The van der Waals surface area contributed by atoms with Crippen LogP contribution in [0.15, 0.2) is 29.2 Å². The molecule has 6 nitrogen and oxygen atoms in total. The van der Waals surface area contributed by atoms with Crippen molar-refractivity contribution in [1.29, 1.82) is 0 Å². The summed E-state index contributed by atoms with van der Waals surface area (Å²) < 4.78 is 28.8. The van der Waals surface area contributed by atoms with Gasteiger partial charge in [-0.15, -0.1) is 0 Å². The number of ether oxygens (including phenoxy) is 1. The van der Waals surface area contributed by atoms with Crippen molar-refractivity contribution in [3.05, 3.63) is 29.8 Å². The molecule has 0 radical (unpaired) electrons. The minimum atomic E-state index is -3.41. The summed E-state index contributed by atoms with van der Waals surface area (Å²) in [7, 11) is -3.41. The van der Waals surface area contributed by atoms with Crippen molar-refractivity contribution in [2.24, 2.45) is 0 Å². The number of aliphatic hydroxyl groups excluding tert-OH is 1. The molecule has 0 aliphatic carbocycles. The number of aliphatic hydroxyl groups is 1. The molecule has 0 unspecified atom stereocenters. The maximum Gasteiger partial charge on any atom is 0.303 e. The number of aliphatic carboxylic acids is 1. The summed E-state index contributed by atoms with van der Waals surface area (Å²) in [4.78, 5) is 10.6. The monoisotopic (exact) mass is 302 g/mol. The normalized spacial score (nSPS) is 11.4. The molecular formula is C13H18O6S. The van der Waals surface area contributed by atoms with E-state index in [0.29, 0.717) is 6.42 Å². The van der Waals surface area contributed by atoms with E-state index in [1.54, 1.807) is 12.1 Å². The molecule has 7 heteroatoms. The number of aryl methyl sites for hydroxylation is 1. The number of rotatable bonds is 9. The standard InChI is InChI=1S/C13H18O6S/c14-7-8-19-9-10-20(17,18)12-4-1-11(2-5-12)3-6-13(15)16/h1-2,4-5,14H,3,6-10H2,(H,15,16). The van der Waals surface area contributed by atoms with E-state index in [1.807, 2.05) is 0 Å². The number of carboxylic acids is 1. The number of hydrogen-bond acceptors (Lipinski definition) is 5. The van der Waals surface area contributed by atoms with Gasteiger partial charge in [-0.25, -0.2) is 8.42 Å². The SMILES string of the molecule is O=C(O)CCc1ccc(S(=O)(=O)CCOCCO)cc1. The molecule has 1 aromatic carbocycles. The van der Waals surface area contributed by atoms with Gasteiger partial charge in [0.15, 0.2) is 9.84 Å². The van der Waals surface area contributed by atoms with Crippen LogP contribution in [0.2, 0.25) is 0 Å². The van der Waals surface area contributed by atoms with E-state index in [0.717, 1.165) is 5.56 Å². The third-order valence-corrected chi connectivity index (χ3v) is 4.34. The zero-order valence-corrected chi connectivity index (χ0v) is 11.8. The molecule has 20 heavy (non-hydrogen) atoms. The highest BCUT2D eigenvalue weighted by Crippen LogP contribution is 2.13. The molecule has 1 rings (SSSR count). The molecule has 0 aliphatic heterocycles. The van der Waals surface area contributed by atoms with Gasteiger partial charge >= 0.3 is 5.97 Å². The van der Waals surface area contributed by atoms with Crippen LogP contribution in [0.25, 0.3) is 0 Å². The molecule has 0 atom stereocenters. The van der Waals surface area contributed by atoms with Gasteiger partial charge in [0.05, 0.1) is 30.5 Å². The Hall–Kier alpha value is -1.44. The second-order valence-electron chi connectivity index (χ2n) is 4.19. The summed E-state index contributed by atoms with van der Waals surface area (Å²) in [6.45, 7) is 0.00558. The molecule has 2 N–H and O–H groups in total. The predicted octanol–water partition coefficient (Wildman–Crippen LogP) is 0.486. The summed E-state index contributed by atoms with van der Waals surface area (Å²) in [5, 5.41) is 17.1. The smallest absolute Gasteiger partial charge is 0.303 e. The maximum absolute atomic E-state index is 11.9. The molecule has 0 fully saturated rings. The van der Waals surface area contributed by atoms with Crippen molar-refractivity contribution < 1.29 is 28.2 Å². The highest BCUT2D eigenvalue weighted by Gasteiger charge is 2.14. The Morgan fingerprint density at radius 1 is 1.15 bits per heavy atom. The third-order valence-electron chi connectivity index (χ3n) is 2.64. The van der Waals surface area contributed by atoms with Gasteiger partial charge in [0, 0.05) is 6.42 Å². The van der Waals surface area contributed by atoms with Crippen molar-refractivity contribution in [1.82, 2.24) is 0 Å². The molecule has 1 aromatic rings. The zero-order valence-electron chi connectivity index (χ0n) is 11.0. The topological polar surface area (TPSA) is 101 Å². The Labute approximate surface area is 117 Å². The third kappa shape index (κ3) is 5.68. The van der Waals surface area contributed by atoms with Crippen LogP contribution in [-0.2, 0) is 25.8 Å². The maximum atomic E-state index is 11.9. The van der Waals surface area contributed by atoms with Gasteiger partial charge in [0.1, 0.15) is 0 Å². The average molecular weight is 302 g/mol. The molecular weight excluding hydrogens is 284 g/mol. The lowest BCUT2D eigenvalue weighted by atomic mass is 10.1. The number of hydrogen-bond donors (Lipinski definition) is 2. The Bertz CT molecular complexity index is 520. The number of carbonyl (C=O) groups is 1. The van der Waals surface area contributed by atoms with Crippen LogP contribution < -0.4 is 0 Å². The largest absolute Gasteiger partial charge is 0.481 e. The van der Waals surface area contributed by atoms with Gasteiger partial charge < -0.3 is 14.9 Å². The van der Waals surface area contributed by atoms with Crippen molar-refractivity contribution in [3.8, 4) is 0 Å². The first-order valence-corrected chi connectivity index (χ1v) is 7.83. The molecule has 0 saturated carbocycles.